The molecule has 6 nitrogen and oxygen atoms in total. The van der Waals surface area contributed by atoms with E-state index in [2.05, 4.69) is 53.8 Å². The number of nitrogens with zero attached hydrogens (tertiary/aromatic N) is 2. The van der Waals surface area contributed by atoms with Gasteiger partial charge in [0.05, 0.1) is 12.5 Å². The number of nitrogens with one attached hydrogen (secondary N) is 1. The fourth-order valence-electron chi connectivity index (χ4n) is 1.55. The topological polar surface area (TPSA) is 77.2 Å². The summed E-state index contributed by atoms with van der Waals surface area (Å²) in [6, 6.07) is 3.47. The van der Waals surface area contributed by atoms with E-state index < -0.39 is 11.6 Å². The maximum Gasteiger partial charge on any atom is 0.355 e. The molecule has 2 heterocycles. The molecule has 2 rings (SSSR count). The van der Waals surface area contributed by atoms with Crippen LogP contribution in [0, 0.1) is 3.70 Å². The van der Waals surface area contributed by atoms with Crippen LogP contribution in [-0.2, 0) is 9.53 Å². The first-order valence-electron chi connectivity index (χ1n) is 6.68. The van der Waals surface area contributed by atoms with E-state index in [9.17, 15) is 4.79 Å². The Labute approximate surface area is 156 Å². The lowest BCUT2D eigenvalue weighted by Gasteiger charge is -2.21. The SMILES string of the molecule is CC(C)(C)OC(=O)/C(=C/c1ccco1)Nc1ncc(I)nc1Br. The number of esters is 1. The number of hydrogen-bond donors (Lipinski definition) is 1. The van der Waals surface area contributed by atoms with Gasteiger partial charge in [-0.3, -0.25) is 0 Å². The van der Waals surface area contributed by atoms with E-state index in [1.54, 1.807) is 45.2 Å². The van der Waals surface area contributed by atoms with Crippen LogP contribution < -0.4 is 5.32 Å². The number of ether oxygens (including phenoxy) is 1. The van der Waals surface area contributed by atoms with Crippen molar-refractivity contribution < 1.29 is 13.9 Å². The Bertz CT molecular complexity index is 724. The summed E-state index contributed by atoms with van der Waals surface area (Å²) in [5.41, 5.74) is -0.415. The van der Waals surface area contributed by atoms with Crippen molar-refractivity contribution in [2.45, 2.75) is 26.4 Å². The van der Waals surface area contributed by atoms with Gasteiger partial charge in [0.25, 0.3) is 0 Å². The van der Waals surface area contributed by atoms with Gasteiger partial charge in [0.1, 0.15) is 25.4 Å². The van der Waals surface area contributed by atoms with Crippen LogP contribution >= 0.6 is 38.5 Å². The minimum atomic E-state index is -0.615. The minimum absolute atomic E-state index is 0.200. The molecular formula is C15H15BrIN3O3. The normalized spacial score (nSPS) is 12.1. The quantitative estimate of drug-likeness (QED) is 0.391. The molecule has 0 atom stereocenters. The molecule has 2 aromatic rings. The molecule has 0 unspecified atom stereocenters. The van der Waals surface area contributed by atoms with Crippen LogP contribution in [0.2, 0.25) is 0 Å². The summed E-state index contributed by atoms with van der Waals surface area (Å²) < 4.78 is 11.9. The lowest BCUT2D eigenvalue weighted by atomic mass is 10.2. The molecule has 0 aliphatic carbocycles. The van der Waals surface area contributed by atoms with Gasteiger partial charge in [-0.05, 0) is 71.4 Å². The molecular weight excluding hydrogens is 477 g/mol. The molecule has 0 spiro atoms. The third-order valence-corrected chi connectivity index (χ3v) is 3.47. The summed E-state index contributed by atoms with van der Waals surface area (Å²) in [6.45, 7) is 5.40. The highest BCUT2D eigenvalue weighted by Gasteiger charge is 2.21. The second-order valence-corrected chi connectivity index (χ2v) is 7.39. The number of rotatable bonds is 4. The third-order valence-electron chi connectivity index (χ3n) is 2.40. The van der Waals surface area contributed by atoms with Crippen LogP contribution in [0.15, 0.2) is 39.3 Å². The van der Waals surface area contributed by atoms with Crippen LogP contribution in [0.1, 0.15) is 26.5 Å². The average molecular weight is 492 g/mol. The molecule has 0 saturated heterocycles. The van der Waals surface area contributed by atoms with E-state index in [4.69, 9.17) is 9.15 Å². The van der Waals surface area contributed by atoms with Crippen molar-refractivity contribution in [3.63, 3.8) is 0 Å². The van der Waals surface area contributed by atoms with Gasteiger partial charge in [0.2, 0.25) is 0 Å². The zero-order chi connectivity index (χ0) is 17.0. The molecule has 8 heteroatoms. The number of anilines is 1. The van der Waals surface area contributed by atoms with Crippen LogP contribution in [0.3, 0.4) is 0 Å². The Balaban J connectivity index is 2.32. The lowest BCUT2D eigenvalue weighted by molar-refractivity contribution is -0.149. The number of carbonyl (C=O) groups excluding carboxylic acids is 1. The predicted molar refractivity (Wildman–Crippen MR) is 98.6 cm³/mol. The molecule has 0 amide bonds. The molecule has 0 aromatic carbocycles. The Morgan fingerprint density at radius 1 is 1.48 bits per heavy atom. The second-order valence-electron chi connectivity index (χ2n) is 5.53. The first-order chi connectivity index (χ1) is 10.7. The molecule has 0 bridgehead atoms. The van der Waals surface area contributed by atoms with Crippen molar-refractivity contribution >= 4 is 56.4 Å². The monoisotopic (exact) mass is 491 g/mol. The third kappa shape index (κ3) is 5.61. The Morgan fingerprint density at radius 3 is 2.78 bits per heavy atom. The number of carbonyl (C=O) groups is 1. The largest absolute Gasteiger partial charge is 0.465 e. The molecule has 0 saturated carbocycles. The van der Waals surface area contributed by atoms with Gasteiger partial charge in [0, 0.05) is 6.08 Å². The second kappa shape index (κ2) is 7.43. The average Bonchev–Trinajstić information content (AvgIpc) is 2.91. The van der Waals surface area contributed by atoms with Gasteiger partial charge >= 0.3 is 5.97 Å². The molecule has 122 valence electrons. The molecule has 2 aromatic heterocycles. The number of halogens is 2. The van der Waals surface area contributed by atoms with Crippen molar-refractivity contribution in [2.24, 2.45) is 0 Å². The van der Waals surface area contributed by atoms with Gasteiger partial charge in [-0.2, -0.15) is 0 Å². The summed E-state index contributed by atoms with van der Waals surface area (Å²) in [6.07, 6.45) is 4.67. The summed E-state index contributed by atoms with van der Waals surface area (Å²) in [5, 5.41) is 2.94. The van der Waals surface area contributed by atoms with Crippen molar-refractivity contribution in [3.8, 4) is 0 Å². The van der Waals surface area contributed by atoms with E-state index in [1.807, 2.05) is 0 Å². The lowest BCUT2D eigenvalue weighted by Crippen LogP contribution is -2.27. The van der Waals surface area contributed by atoms with Crippen molar-refractivity contribution in [1.82, 2.24) is 9.97 Å². The zero-order valence-corrected chi connectivity index (χ0v) is 16.5. The zero-order valence-electron chi connectivity index (χ0n) is 12.8. The predicted octanol–water partition coefficient (Wildman–Crippen LogP) is 4.23. The number of hydrogen-bond acceptors (Lipinski definition) is 6. The van der Waals surface area contributed by atoms with Gasteiger partial charge in [0.15, 0.2) is 5.82 Å². The molecule has 0 fully saturated rings. The summed E-state index contributed by atoms with van der Waals surface area (Å²) in [7, 11) is 0. The van der Waals surface area contributed by atoms with E-state index in [0.29, 0.717) is 16.2 Å². The molecule has 0 aliphatic heterocycles. The van der Waals surface area contributed by atoms with Crippen LogP contribution in [0.5, 0.6) is 0 Å². The van der Waals surface area contributed by atoms with Crippen molar-refractivity contribution in [2.75, 3.05) is 5.32 Å². The standard InChI is InChI=1S/C15H15BrIN3O3/c1-15(2,3)23-14(21)10(7-9-5-4-6-22-9)19-13-12(16)20-11(17)8-18-13/h4-8H,1-3H3,(H,18,19)/b10-7-. The van der Waals surface area contributed by atoms with Crippen molar-refractivity contribution in [3.05, 3.63) is 44.4 Å². The van der Waals surface area contributed by atoms with E-state index in [-0.39, 0.29) is 5.70 Å². The fourth-order valence-corrected chi connectivity index (χ4v) is 2.66. The highest BCUT2D eigenvalue weighted by Crippen LogP contribution is 2.22. The smallest absolute Gasteiger partial charge is 0.355 e. The van der Waals surface area contributed by atoms with E-state index >= 15 is 0 Å². The number of aromatic nitrogens is 2. The Morgan fingerprint density at radius 2 is 2.22 bits per heavy atom. The maximum absolute atomic E-state index is 12.4. The first-order valence-corrected chi connectivity index (χ1v) is 8.55. The fraction of sp³-hybridized carbons (Fsp3) is 0.267. The van der Waals surface area contributed by atoms with Gasteiger partial charge in [-0.15, -0.1) is 0 Å². The number of furan rings is 1. The molecule has 23 heavy (non-hydrogen) atoms. The van der Waals surface area contributed by atoms with Crippen LogP contribution in [0.25, 0.3) is 6.08 Å². The van der Waals surface area contributed by atoms with E-state index in [0.717, 1.165) is 3.70 Å². The highest BCUT2D eigenvalue weighted by molar-refractivity contribution is 14.1. The minimum Gasteiger partial charge on any atom is -0.465 e. The summed E-state index contributed by atoms with van der Waals surface area (Å²) >= 11 is 5.37. The molecule has 0 aliphatic rings. The van der Waals surface area contributed by atoms with Crippen LogP contribution in [-0.4, -0.2) is 21.5 Å². The Kier molecular flexibility index (Phi) is 5.79. The Hall–Kier alpha value is -1.42. The molecule has 0 radical (unpaired) electrons. The highest BCUT2D eigenvalue weighted by atomic mass is 127. The summed E-state index contributed by atoms with van der Waals surface area (Å²) in [5.74, 6) is 0.420. The van der Waals surface area contributed by atoms with E-state index in [1.165, 1.54) is 6.26 Å². The summed E-state index contributed by atoms with van der Waals surface area (Å²) in [4.78, 5) is 20.9. The maximum atomic E-state index is 12.4. The van der Waals surface area contributed by atoms with Gasteiger partial charge in [-0.25, -0.2) is 14.8 Å². The molecule has 1 N–H and O–H groups in total. The van der Waals surface area contributed by atoms with Crippen LogP contribution in [0.4, 0.5) is 5.82 Å². The van der Waals surface area contributed by atoms with Gasteiger partial charge in [-0.1, -0.05) is 0 Å². The first kappa shape index (κ1) is 17.9. The van der Waals surface area contributed by atoms with Crippen molar-refractivity contribution in [1.29, 1.82) is 0 Å². The van der Waals surface area contributed by atoms with Gasteiger partial charge < -0.3 is 14.5 Å².